The van der Waals surface area contributed by atoms with Gasteiger partial charge in [-0.25, -0.2) is 4.98 Å². The lowest BCUT2D eigenvalue weighted by atomic mass is 9.95. The molecule has 0 unspecified atom stereocenters. The number of carbonyl (C=O) groups is 1. The van der Waals surface area contributed by atoms with Gasteiger partial charge in [0.15, 0.2) is 0 Å². The van der Waals surface area contributed by atoms with E-state index in [1.165, 1.54) is 21.9 Å². The van der Waals surface area contributed by atoms with Crippen LogP contribution in [-0.2, 0) is 11.4 Å². The monoisotopic (exact) mass is 434 g/mol. The van der Waals surface area contributed by atoms with E-state index < -0.39 is 0 Å². The van der Waals surface area contributed by atoms with Gasteiger partial charge in [0.1, 0.15) is 17.4 Å². The number of fused-ring (bicyclic) bond motifs is 1. The lowest BCUT2D eigenvalue weighted by molar-refractivity contribution is -0.117. The third-order valence-corrected chi connectivity index (χ3v) is 5.64. The molecule has 8 heteroatoms. The minimum atomic E-state index is -0.236. The van der Waals surface area contributed by atoms with Crippen LogP contribution in [0, 0.1) is 6.92 Å². The SMILES string of the molecule is CC[C@H](C(=O)Nc1cccc(OCc2cc(=O)n3nc(C)sc3n2)c1)c1ccccc1. The molecule has 158 valence electrons. The molecule has 1 atom stereocenters. The highest BCUT2D eigenvalue weighted by Crippen LogP contribution is 2.24. The second-order valence-corrected chi connectivity index (χ2v) is 8.24. The van der Waals surface area contributed by atoms with Gasteiger partial charge in [0.2, 0.25) is 10.9 Å². The van der Waals surface area contributed by atoms with Gasteiger partial charge in [0.05, 0.1) is 11.6 Å². The molecule has 0 saturated carbocycles. The van der Waals surface area contributed by atoms with Gasteiger partial charge >= 0.3 is 0 Å². The van der Waals surface area contributed by atoms with Crippen molar-refractivity contribution in [3.05, 3.63) is 87.3 Å². The zero-order valence-electron chi connectivity index (χ0n) is 17.2. The first-order chi connectivity index (χ1) is 15.0. The Labute approximate surface area is 183 Å². The molecule has 0 aliphatic heterocycles. The van der Waals surface area contributed by atoms with E-state index in [1.807, 2.05) is 56.3 Å². The van der Waals surface area contributed by atoms with E-state index in [-0.39, 0.29) is 24.0 Å². The van der Waals surface area contributed by atoms with Gasteiger partial charge in [-0.05, 0) is 31.0 Å². The Hall–Kier alpha value is -3.52. The smallest absolute Gasteiger partial charge is 0.275 e. The lowest BCUT2D eigenvalue weighted by Crippen LogP contribution is -2.20. The Morgan fingerprint density at radius 2 is 1.97 bits per heavy atom. The van der Waals surface area contributed by atoms with Gasteiger partial charge in [-0.1, -0.05) is 54.7 Å². The van der Waals surface area contributed by atoms with Gasteiger partial charge in [0, 0.05) is 17.8 Å². The van der Waals surface area contributed by atoms with Crippen LogP contribution in [-0.4, -0.2) is 20.5 Å². The van der Waals surface area contributed by atoms with Crippen LogP contribution in [0.3, 0.4) is 0 Å². The summed E-state index contributed by atoms with van der Waals surface area (Å²) in [6.45, 7) is 3.96. The number of anilines is 1. The average Bonchev–Trinajstić information content (AvgIpc) is 3.15. The highest BCUT2D eigenvalue weighted by molar-refractivity contribution is 7.16. The summed E-state index contributed by atoms with van der Waals surface area (Å²) >= 11 is 1.35. The van der Waals surface area contributed by atoms with Crippen molar-refractivity contribution in [2.45, 2.75) is 32.8 Å². The third-order valence-electron chi connectivity index (χ3n) is 4.81. The molecule has 31 heavy (non-hydrogen) atoms. The molecule has 7 nitrogen and oxygen atoms in total. The number of aromatic nitrogens is 3. The summed E-state index contributed by atoms with van der Waals surface area (Å²) in [5, 5.41) is 7.88. The predicted molar refractivity (Wildman–Crippen MR) is 121 cm³/mol. The largest absolute Gasteiger partial charge is 0.487 e. The molecule has 0 aliphatic rings. The van der Waals surface area contributed by atoms with Gasteiger partial charge in [-0.3, -0.25) is 9.59 Å². The zero-order chi connectivity index (χ0) is 21.8. The quantitative estimate of drug-likeness (QED) is 0.472. The third kappa shape index (κ3) is 4.80. The summed E-state index contributed by atoms with van der Waals surface area (Å²) in [5.74, 6) is 0.289. The van der Waals surface area contributed by atoms with Crippen LogP contribution < -0.4 is 15.6 Å². The van der Waals surface area contributed by atoms with Crippen LogP contribution >= 0.6 is 11.3 Å². The van der Waals surface area contributed by atoms with E-state index in [0.29, 0.717) is 28.5 Å². The number of benzene rings is 2. The van der Waals surface area contributed by atoms with Crippen molar-refractivity contribution < 1.29 is 9.53 Å². The molecular weight excluding hydrogens is 412 g/mol. The fourth-order valence-electron chi connectivity index (χ4n) is 3.33. The number of hydrogen-bond donors (Lipinski definition) is 1. The van der Waals surface area contributed by atoms with Crippen molar-refractivity contribution in [2.75, 3.05) is 5.32 Å². The van der Waals surface area contributed by atoms with Crippen LogP contribution in [0.15, 0.2) is 65.5 Å². The Balaban J connectivity index is 1.45. The second-order valence-electron chi connectivity index (χ2n) is 7.08. The van der Waals surface area contributed by atoms with Crippen LogP contribution in [0.4, 0.5) is 5.69 Å². The van der Waals surface area contributed by atoms with Crippen LogP contribution in [0.1, 0.15) is 35.5 Å². The van der Waals surface area contributed by atoms with Crippen LogP contribution in [0.2, 0.25) is 0 Å². The normalized spacial score (nSPS) is 11.9. The van der Waals surface area contributed by atoms with E-state index in [1.54, 1.807) is 12.1 Å². The maximum atomic E-state index is 12.8. The van der Waals surface area contributed by atoms with Crippen LogP contribution in [0.25, 0.3) is 4.96 Å². The average molecular weight is 435 g/mol. The summed E-state index contributed by atoms with van der Waals surface area (Å²) in [6.07, 6.45) is 0.701. The van der Waals surface area contributed by atoms with Gasteiger partial charge in [-0.2, -0.15) is 9.61 Å². The Morgan fingerprint density at radius 3 is 2.74 bits per heavy atom. The molecule has 2 aromatic heterocycles. The summed E-state index contributed by atoms with van der Waals surface area (Å²) in [4.78, 5) is 29.9. The van der Waals surface area contributed by atoms with Gasteiger partial charge in [0.25, 0.3) is 5.56 Å². The van der Waals surface area contributed by atoms with Crippen LogP contribution in [0.5, 0.6) is 5.75 Å². The van der Waals surface area contributed by atoms with Crippen molar-refractivity contribution >= 4 is 27.9 Å². The zero-order valence-corrected chi connectivity index (χ0v) is 18.1. The second kappa shape index (κ2) is 9.09. The number of carbonyl (C=O) groups excluding carboxylic acids is 1. The van der Waals surface area contributed by atoms with E-state index in [4.69, 9.17) is 4.74 Å². The number of hydrogen-bond acceptors (Lipinski definition) is 6. The molecule has 0 spiro atoms. The van der Waals surface area contributed by atoms with Crippen molar-refractivity contribution in [3.63, 3.8) is 0 Å². The van der Waals surface area contributed by atoms with E-state index in [0.717, 1.165) is 10.6 Å². The molecule has 0 radical (unpaired) electrons. The minimum absolute atomic E-state index is 0.0634. The number of ether oxygens (including phenoxy) is 1. The van der Waals surface area contributed by atoms with Crippen molar-refractivity contribution in [1.29, 1.82) is 0 Å². The predicted octanol–water partition coefficient (Wildman–Crippen LogP) is 4.17. The Morgan fingerprint density at radius 1 is 1.16 bits per heavy atom. The minimum Gasteiger partial charge on any atom is -0.487 e. The number of nitrogens with one attached hydrogen (secondary N) is 1. The first-order valence-electron chi connectivity index (χ1n) is 9.98. The summed E-state index contributed by atoms with van der Waals surface area (Å²) in [7, 11) is 0. The molecule has 4 aromatic rings. The molecule has 1 amide bonds. The van der Waals surface area contributed by atoms with Crippen molar-refractivity contribution in [3.8, 4) is 5.75 Å². The molecule has 0 fully saturated rings. The Kier molecular flexibility index (Phi) is 6.08. The molecule has 2 aromatic carbocycles. The summed E-state index contributed by atoms with van der Waals surface area (Å²) < 4.78 is 7.11. The van der Waals surface area contributed by atoms with Gasteiger partial charge in [-0.15, -0.1) is 0 Å². The topological polar surface area (TPSA) is 85.6 Å². The highest BCUT2D eigenvalue weighted by Gasteiger charge is 2.18. The van der Waals surface area contributed by atoms with E-state index in [9.17, 15) is 9.59 Å². The molecule has 2 heterocycles. The first kappa shape index (κ1) is 20.7. The fraction of sp³-hybridized carbons (Fsp3) is 0.217. The number of nitrogens with zero attached hydrogens (tertiary/aromatic N) is 3. The summed E-state index contributed by atoms with van der Waals surface area (Å²) in [5.41, 5.74) is 1.93. The van der Waals surface area contributed by atoms with E-state index >= 15 is 0 Å². The first-order valence-corrected chi connectivity index (χ1v) is 10.8. The number of amides is 1. The molecule has 0 bridgehead atoms. The molecule has 0 aliphatic carbocycles. The number of aryl methyl sites for hydroxylation is 1. The molecular formula is C23H22N4O3S. The maximum absolute atomic E-state index is 12.8. The highest BCUT2D eigenvalue weighted by atomic mass is 32.1. The Bertz CT molecular complexity index is 1270. The van der Waals surface area contributed by atoms with E-state index in [2.05, 4.69) is 15.4 Å². The maximum Gasteiger partial charge on any atom is 0.275 e. The standard InChI is InChI=1S/C23H22N4O3S/c1-3-20(16-8-5-4-6-9-16)22(29)24-17-10-7-11-19(12-17)30-14-18-13-21(28)27-23(25-18)31-15(2)26-27/h4-13,20H,3,14H2,1-2H3,(H,24,29)/t20-/m0/s1. The lowest BCUT2D eigenvalue weighted by Gasteiger charge is -2.16. The molecule has 4 rings (SSSR count). The van der Waals surface area contributed by atoms with Gasteiger partial charge < -0.3 is 10.1 Å². The fourth-order valence-corrected chi connectivity index (χ4v) is 4.10. The molecule has 1 N–H and O–H groups in total. The van der Waals surface area contributed by atoms with Crippen molar-refractivity contribution in [1.82, 2.24) is 14.6 Å². The van der Waals surface area contributed by atoms with Crippen molar-refractivity contribution in [2.24, 2.45) is 0 Å². The number of rotatable bonds is 7. The molecule has 0 saturated heterocycles. The summed E-state index contributed by atoms with van der Waals surface area (Å²) in [6, 6.07) is 18.3.